The van der Waals surface area contributed by atoms with E-state index in [-0.39, 0.29) is 5.56 Å². The molecule has 0 unspecified atom stereocenters. The highest BCUT2D eigenvalue weighted by atomic mass is 32.1. The molecule has 0 saturated heterocycles. The second-order valence-corrected chi connectivity index (χ2v) is 5.02. The molecule has 0 fully saturated rings. The minimum absolute atomic E-state index is 0.0785. The van der Waals surface area contributed by atoms with Crippen LogP contribution < -0.4 is 5.56 Å². The van der Waals surface area contributed by atoms with Gasteiger partial charge in [0.05, 0.1) is 11.0 Å². The zero-order valence-electron chi connectivity index (χ0n) is 10.4. The molecule has 2 aromatic heterocycles. The molecule has 1 aromatic carbocycles. The molecular formula is C15H12N2OS. The number of hydrogen-bond donors (Lipinski definition) is 0. The van der Waals surface area contributed by atoms with Crippen molar-refractivity contribution in [3.63, 3.8) is 0 Å². The lowest BCUT2D eigenvalue weighted by molar-refractivity contribution is 0.887. The van der Waals surface area contributed by atoms with Crippen LogP contribution in [0.2, 0.25) is 0 Å². The zero-order chi connectivity index (χ0) is 13.2. The van der Waals surface area contributed by atoms with E-state index in [1.165, 1.54) is 0 Å². The SMILES string of the molecule is Cn1c(=O)c(C=Cc2ccsc2)nc2ccccc21. The number of aromatic nitrogens is 2. The van der Waals surface area contributed by atoms with E-state index in [4.69, 9.17) is 0 Å². The van der Waals surface area contributed by atoms with Crippen molar-refractivity contribution >= 4 is 34.5 Å². The summed E-state index contributed by atoms with van der Waals surface area (Å²) in [5, 5.41) is 4.04. The predicted octanol–water partition coefficient (Wildman–Crippen LogP) is 3.17. The fourth-order valence-electron chi connectivity index (χ4n) is 1.95. The van der Waals surface area contributed by atoms with Gasteiger partial charge in [-0.2, -0.15) is 11.3 Å². The van der Waals surface area contributed by atoms with Gasteiger partial charge in [0.25, 0.3) is 5.56 Å². The van der Waals surface area contributed by atoms with Gasteiger partial charge in [-0.25, -0.2) is 4.98 Å². The normalized spacial score (nSPS) is 11.4. The summed E-state index contributed by atoms with van der Waals surface area (Å²) >= 11 is 1.63. The number of fused-ring (bicyclic) bond motifs is 1. The van der Waals surface area contributed by atoms with Crippen LogP contribution in [0.4, 0.5) is 0 Å². The van der Waals surface area contributed by atoms with Crippen molar-refractivity contribution in [2.45, 2.75) is 0 Å². The van der Waals surface area contributed by atoms with E-state index < -0.39 is 0 Å². The highest BCUT2D eigenvalue weighted by Gasteiger charge is 2.05. The number of para-hydroxylation sites is 2. The summed E-state index contributed by atoms with van der Waals surface area (Å²) < 4.78 is 1.63. The molecule has 0 aliphatic carbocycles. The maximum atomic E-state index is 12.2. The monoisotopic (exact) mass is 268 g/mol. The fourth-order valence-corrected chi connectivity index (χ4v) is 2.58. The maximum Gasteiger partial charge on any atom is 0.276 e. The number of nitrogens with zero attached hydrogens (tertiary/aromatic N) is 2. The smallest absolute Gasteiger partial charge is 0.276 e. The first-order valence-corrected chi connectivity index (χ1v) is 6.86. The van der Waals surface area contributed by atoms with Gasteiger partial charge in [0.1, 0.15) is 5.69 Å². The van der Waals surface area contributed by atoms with Crippen LogP contribution in [0.5, 0.6) is 0 Å². The van der Waals surface area contributed by atoms with Crippen LogP contribution in [0.25, 0.3) is 23.2 Å². The lowest BCUT2D eigenvalue weighted by Crippen LogP contribution is -2.21. The number of benzene rings is 1. The molecule has 0 spiro atoms. The molecular weight excluding hydrogens is 256 g/mol. The van der Waals surface area contributed by atoms with E-state index in [1.807, 2.05) is 47.2 Å². The van der Waals surface area contributed by atoms with Crippen molar-refractivity contribution < 1.29 is 0 Å². The van der Waals surface area contributed by atoms with Crippen LogP contribution in [-0.4, -0.2) is 9.55 Å². The highest BCUT2D eigenvalue weighted by molar-refractivity contribution is 7.08. The number of thiophene rings is 1. The van der Waals surface area contributed by atoms with Gasteiger partial charge in [-0.05, 0) is 40.6 Å². The maximum absolute atomic E-state index is 12.2. The van der Waals surface area contributed by atoms with Gasteiger partial charge >= 0.3 is 0 Å². The molecule has 0 aliphatic rings. The first kappa shape index (κ1) is 11.9. The molecule has 3 aromatic rings. The van der Waals surface area contributed by atoms with Crippen molar-refractivity contribution in [3.8, 4) is 0 Å². The van der Waals surface area contributed by atoms with Gasteiger partial charge in [0, 0.05) is 7.05 Å². The van der Waals surface area contributed by atoms with Crippen molar-refractivity contribution in [3.05, 3.63) is 62.7 Å². The molecule has 3 nitrogen and oxygen atoms in total. The van der Waals surface area contributed by atoms with Crippen LogP contribution in [0, 0.1) is 0 Å². The average Bonchev–Trinajstić information content (AvgIpc) is 2.94. The molecule has 94 valence electrons. The minimum Gasteiger partial charge on any atom is -0.308 e. The highest BCUT2D eigenvalue weighted by Crippen LogP contribution is 2.12. The topological polar surface area (TPSA) is 34.9 Å². The van der Waals surface area contributed by atoms with E-state index >= 15 is 0 Å². The lowest BCUT2D eigenvalue weighted by Gasteiger charge is -2.05. The molecule has 0 bridgehead atoms. The molecule has 2 heterocycles. The van der Waals surface area contributed by atoms with Gasteiger partial charge in [0.15, 0.2) is 0 Å². The van der Waals surface area contributed by atoms with Crippen LogP contribution in [0.15, 0.2) is 45.9 Å². The Morgan fingerprint density at radius 2 is 2.05 bits per heavy atom. The van der Waals surface area contributed by atoms with E-state index in [9.17, 15) is 4.79 Å². The Labute approximate surface area is 114 Å². The molecule has 0 amide bonds. The van der Waals surface area contributed by atoms with Gasteiger partial charge < -0.3 is 4.57 Å². The minimum atomic E-state index is -0.0785. The van der Waals surface area contributed by atoms with E-state index in [2.05, 4.69) is 4.98 Å². The van der Waals surface area contributed by atoms with Gasteiger partial charge in [0.2, 0.25) is 0 Å². The van der Waals surface area contributed by atoms with E-state index in [1.54, 1.807) is 29.0 Å². The Morgan fingerprint density at radius 3 is 2.84 bits per heavy atom. The molecule has 0 atom stereocenters. The number of rotatable bonds is 2. The van der Waals surface area contributed by atoms with Gasteiger partial charge in [-0.3, -0.25) is 4.79 Å². The van der Waals surface area contributed by atoms with Crippen LogP contribution >= 0.6 is 11.3 Å². The summed E-state index contributed by atoms with van der Waals surface area (Å²) in [7, 11) is 1.77. The second-order valence-electron chi connectivity index (χ2n) is 4.24. The third-order valence-electron chi connectivity index (χ3n) is 2.98. The summed E-state index contributed by atoms with van der Waals surface area (Å²) in [4.78, 5) is 16.6. The van der Waals surface area contributed by atoms with Gasteiger partial charge in [-0.1, -0.05) is 18.2 Å². The Hall–Kier alpha value is -2.20. The molecule has 4 heteroatoms. The van der Waals surface area contributed by atoms with Crippen LogP contribution in [0.1, 0.15) is 11.3 Å². The Bertz CT molecular complexity index is 801. The average molecular weight is 268 g/mol. The Kier molecular flexibility index (Phi) is 3.01. The molecule has 0 aliphatic heterocycles. The second kappa shape index (κ2) is 4.82. The summed E-state index contributed by atoms with van der Waals surface area (Å²) in [6.45, 7) is 0. The summed E-state index contributed by atoms with van der Waals surface area (Å²) in [6.07, 6.45) is 3.69. The van der Waals surface area contributed by atoms with Gasteiger partial charge in [-0.15, -0.1) is 0 Å². The quantitative estimate of drug-likeness (QED) is 0.715. The Balaban J connectivity index is 2.14. The van der Waals surface area contributed by atoms with Crippen LogP contribution in [-0.2, 0) is 7.05 Å². The third-order valence-corrected chi connectivity index (χ3v) is 3.69. The lowest BCUT2D eigenvalue weighted by atomic mass is 10.2. The largest absolute Gasteiger partial charge is 0.308 e. The summed E-state index contributed by atoms with van der Waals surface area (Å²) in [5.41, 5.74) is 3.15. The number of aryl methyl sites for hydroxylation is 1. The molecule has 0 radical (unpaired) electrons. The van der Waals surface area contributed by atoms with E-state index in [0.717, 1.165) is 16.6 Å². The number of hydrogen-bond acceptors (Lipinski definition) is 3. The first-order valence-electron chi connectivity index (χ1n) is 5.92. The summed E-state index contributed by atoms with van der Waals surface area (Å²) in [6, 6.07) is 9.65. The first-order chi connectivity index (χ1) is 9.25. The zero-order valence-corrected chi connectivity index (χ0v) is 11.2. The molecule has 0 N–H and O–H groups in total. The van der Waals surface area contributed by atoms with Crippen LogP contribution in [0.3, 0.4) is 0 Å². The molecule has 0 saturated carbocycles. The van der Waals surface area contributed by atoms with Crippen molar-refractivity contribution in [2.75, 3.05) is 0 Å². The van der Waals surface area contributed by atoms with E-state index in [0.29, 0.717) is 5.69 Å². The predicted molar refractivity (Wildman–Crippen MR) is 80.2 cm³/mol. The third kappa shape index (κ3) is 2.22. The van der Waals surface area contributed by atoms with Crippen molar-refractivity contribution in [2.24, 2.45) is 7.05 Å². The molecule has 3 rings (SSSR count). The standard InChI is InChI=1S/C15H12N2OS/c1-17-14-5-3-2-4-12(14)16-13(15(17)18)7-6-11-8-9-19-10-11/h2-10H,1H3. The molecule has 19 heavy (non-hydrogen) atoms. The fraction of sp³-hybridized carbons (Fsp3) is 0.0667. The van der Waals surface area contributed by atoms with Crippen molar-refractivity contribution in [1.82, 2.24) is 9.55 Å². The van der Waals surface area contributed by atoms with Crippen molar-refractivity contribution in [1.29, 1.82) is 0 Å². The summed E-state index contributed by atoms with van der Waals surface area (Å²) in [5.74, 6) is 0. The Morgan fingerprint density at radius 1 is 1.21 bits per heavy atom.